The monoisotopic (exact) mass is 446 g/mol. The van der Waals surface area contributed by atoms with Crippen molar-refractivity contribution < 1.29 is 14.3 Å². The maximum absolute atomic E-state index is 13.6. The molecule has 0 saturated carbocycles. The highest BCUT2D eigenvalue weighted by molar-refractivity contribution is 5.97. The third kappa shape index (κ3) is 4.30. The Labute approximate surface area is 193 Å². The van der Waals surface area contributed by atoms with Crippen LogP contribution in [-0.2, 0) is 23.0 Å². The molecule has 1 atom stereocenters. The van der Waals surface area contributed by atoms with E-state index >= 15 is 0 Å². The van der Waals surface area contributed by atoms with E-state index in [1.807, 2.05) is 50.4 Å². The lowest BCUT2D eigenvalue weighted by Crippen LogP contribution is -2.52. The summed E-state index contributed by atoms with van der Waals surface area (Å²) in [6, 6.07) is 15.3. The molecule has 3 aromatic rings. The van der Waals surface area contributed by atoms with Crippen LogP contribution in [0.15, 0.2) is 59.5 Å². The average Bonchev–Trinajstić information content (AvgIpc) is 2.83. The number of likely N-dealkylation sites (tertiary alicyclic amines) is 1. The van der Waals surface area contributed by atoms with Crippen LogP contribution in [0, 0.1) is 12.3 Å². The van der Waals surface area contributed by atoms with E-state index in [2.05, 4.69) is 0 Å². The number of piperidine rings is 1. The van der Waals surface area contributed by atoms with Gasteiger partial charge >= 0.3 is 5.97 Å². The van der Waals surface area contributed by atoms with Gasteiger partial charge in [-0.25, -0.2) is 0 Å². The fraction of sp³-hybridized carbons (Fsp3) is 0.370. The van der Waals surface area contributed by atoms with E-state index in [0.29, 0.717) is 31.2 Å². The number of pyridine rings is 1. The first-order valence-corrected chi connectivity index (χ1v) is 11.5. The van der Waals surface area contributed by atoms with Crippen molar-refractivity contribution in [3.63, 3.8) is 0 Å². The molecule has 0 spiro atoms. The lowest BCUT2D eigenvalue weighted by molar-refractivity contribution is -0.158. The molecule has 1 aliphatic heterocycles. The molecule has 6 heteroatoms. The summed E-state index contributed by atoms with van der Waals surface area (Å²) >= 11 is 0. The Balaban J connectivity index is 1.71. The Kier molecular flexibility index (Phi) is 6.36. The Morgan fingerprint density at radius 3 is 2.58 bits per heavy atom. The van der Waals surface area contributed by atoms with E-state index in [9.17, 15) is 14.4 Å². The molecule has 172 valence electrons. The fourth-order valence-corrected chi connectivity index (χ4v) is 4.91. The van der Waals surface area contributed by atoms with Crippen LogP contribution >= 0.6 is 0 Å². The third-order valence-electron chi connectivity index (χ3n) is 6.69. The van der Waals surface area contributed by atoms with Gasteiger partial charge in [-0.2, -0.15) is 0 Å². The number of esters is 1. The topological polar surface area (TPSA) is 68.6 Å². The average molecular weight is 447 g/mol. The number of aromatic nitrogens is 1. The molecule has 0 N–H and O–H groups in total. The smallest absolute Gasteiger partial charge is 0.314 e. The molecule has 6 nitrogen and oxygen atoms in total. The summed E-state index contributed by atoms with van der Waals surface area (Å²) in [7, 11) is 1.83. The molecular weight excluding hydrogens is 416 g/mol. The minimum Gasteiger partial charge on any atom is -0.466 e. The number of aryl methyl sites for hydroxylation is 2. The molecule has 1 aliphatic rings. The molecule has 1 aromatic heterocycles. The van der Waals surface area contributed by atoms with Crippen molar-refractivity contribution in [1.29, 1.82) is 0 Å². The Bertz CT molecular complexity index is 1260. The second kappa shape index (κ2) is 9.22. The number of amides is 1. The lowest BCUT2D eigenvalue weighted by atomic mass is 9.74. The van der Waals surface area contributed by atoms with Gasteiger partial charge in [0.2, 0.25) is 5.43 Å². The first-order chi connectivity index (χ1) is 15.9. The summed E-state index contributed by atoms with van der Waals surface area (Å²) in [6.45, 7) is 4.84. The van der Waals surface area contributed by atoms with Crippen LogP contribution in [0.5, 0.6) is 0 Å². The van der Waals surface area contributed by atoms with Crippen LogP contribution < -0.4 is 5.43 Å². The number of hydrogen-bond acceptors (Lipinski definition) is 4. The summed E-state index contributed by atoms with van der Waals surface area (Å²) in [5.41, 5.74) is 1.97. The number of para-hydroxylation sites is 1. The van der Waals surface area contributed by atoms with Crippen LogP contribution in [0.3, 0.4) is 0 Å². The highest BCUT2D eigenvalue weighted by Gasteiger charge is 2.45. The van der Waals surface area contributed by atoms with E-state index < -0.39 is 5.41 Å². The van der Waals surface area contributed by atoms with Gasteiger partial charge in [0.15, 0.2) is 0 Å². The molecule has 2 heterocycles. The van der Waals surface area contributed by atoms with Gasteiger partial charge in [0.25, 0.3) is 5.91 Å². The maximum Gasteiger partial charge on any atom is 0.314 e. The summed E-state index contributed by atoms with van der Waals surface area (Å²) < 4.78 is 7.29. The molecule has 4 rings (SSSR count). The first-order valence-electron chi connectivity index (χ1n) is 11.5. The lowest BCUT2D eigenvalue weighted by Gasteiger charge is -2.41. The van der Waals surface area contributed by atoms with E-state index in [4.69, 9.17) is 4.74 Å². The first kappa shape index (κ1) is 22.8. The van der Waals surface area contributed by atoms with Gasteiger partial charge in [0.05, 0.1) is 17.5 Å². The second-order valence-corrected chi connectivity index (χ2v) is 8.93. The SMILES string of the molecule is CCOC(=O)C1(Cc2ccccc2C)CCCN(C(=O)c2cn(C)c3ccccc3c2=O)C1. The Morgan fingerprint density at radius 2 is 1.82 bits per heavy atom. The Hall–Kier alpha value is -3.41. The zero-order valence-corrected chi connectivity index (χ0v) is 19.5. The fourth-order valence-electron chi connectivity index (χ4n) is 4.91. The standard InChI is InChI=1S/C27H30N2O4/c1-4-33-26(32)27(16-20-11-6-5-10-19(20)2)14-9-15-29(18-27)25(31)22-17-28(3)23-13-8-7-12-21(23)24(22)30/h5-8,10-13,17H,4,9,14-16,18H2,1-3H3. The van der Waals surface area contributed by atoms with Crippen LogP contribution in [0.1, 0.15) is 41.3 Å². The third-order valence-corrected chi connectivity index (χ3v) is 6.69. The number of nitrogens with zero attached hydrogens (tertiary/aromatic N) is 2. The van der Waals surface area contributed by atoms with Crippen molar-refractivity contribution in [2.45, 2.75) is 33.1 Å². The second-order valence-electron chi connectivity index (χ2n) is 8.93. The van der Waals surface area contributed by atoms with Crippen molar-refractivity contribution in [3.05, 3.63) is 81.6 Å². The molecule has 0 aliphatic carbocycles. The van der Waals surface area contributed by atoms with Crippen molar-refractivity contribution in [1.82, 2.24) is 9.47 Å². The van der Waals surface area contributed by atoms with Crippen LogP contribution in [0.4, 0.5) is 0 Å². The van der Waals surface area contributed by atoms with E-state index in [1.54, 1.807) is 34.7 Å². The minimum absolute atomic E-state index is 0.131. The van der Waals surface area contributed by atoms with Gasteiger partial charge in [-0.1, -0.05) is 36.4 Å². The molecule has 1 unspecified atom stereocenters. The van der Waals surface area contributed by atoms with Gasteiger partial charge < -0.3 is 14.2 Å². The molecule has 1 saturated heterocycles. The van der Waals surface area contributed by atoms with Crippen molar-refractivity contribution >= 4 is 22.8 Å². The number of rotatable bonds is 5. The van der Waals surface area contributed by atoms with Crippen LogP contribution in [-0.4, -0.2) is 41.0 Å². The van der Waals surface area contributed by atoms with Crippen molar-refractivity contribution in [3.8, 4) is 0 Å². The highest BCUT2D eigenvalue weighted by atomic mass is 16.5. The summed E-state index contributed by atoms with van der Waals surface area (Å²) in [4.78, 5) is 41.6. The van der Waals surface area contributed by atoms with Crippen molar-refractivity contribution in [2.75, 3.05) is 19.7 Å². The van der Waals surface area contributed by atoms with Crippen molar-refractivity contribution in [2.24, 2.45) is 12.5 Å². The van der Waals surface area contributed by atoms with Gasteiger partial charge in [-0.3, -0.25) is 14.4 Å². The predicted molar refractivity (Wildman–Crippen MR) is 128 cm³/mol. The molecule has 1 amide bonds. The largest absolute Gasteiger partial charge is 0.466 e. The molecular formula is C27H30N2O4. The molecule has 33 heavy (non-hydrogen) atoms. The normalized spacial score (nSPS) is 18.3. The number of benzene rings is 2. The number of ether oxygens (including phenoxy) is 1. The van der Waals surface area contributed by atoms with Gasteiger partial charge in [-0.05, 0) is 56.4 Å². The summed E-state index contributed by atoms with van der Waals surface area (Å²) in [6.07, 6.45) is 3.41. The highest BCUT2D eigenvalue weighted by Crippen LogP contribution is 2.36. The molecule has 0 radical (unpaired) electrons. The van der Waals surface area contributed by atoms with Gasteiger partial charge in [0, 0.05) is 31.7 Å². The quantitative estimate of drug-likeness (QED) is 0.558. The molecule has 1 fully saturated rings. The number of carbonyl (C=O) groups is 2. The zero-order chi connectivity index (χ0) is 23.6. The Morgan fingerprint density at radius 1 is 1.09 bits per heavy atom. The maximum atomic E-state index is 13.6. The summed E-state index contributed by atoms with van der Waals surface area (Å²) in [5.74, 6) is -0.614. The minimum atomic E-state index is -0.835. The number of fused-ring (bicyclic) bond motifs is 1. The van der Waals surface area contributed by atoms with Crippen LogP contribution in [0.2, 0.25) is 0 Å². The molecule has 2 aromatic carbocycles. The predicted octanol–water partition coefficient (Wildman–Crippen LogP) is 3.88. The van der Waals surface area contributed by atoms with E-state index in [-0.39, 0.29) is 36.0 Å². The zero-order valence-electron chi connectivity index (χ0n) is 19.5. The van der Waals surface area contributed by atoms with Gasteiger partial charge in [0.1, 0.15) is 5.56 Å². The van der Waals surface area contributed by atoms with E-state index in [1.165, 1.54) is 0 Å². The van der Waals surface area contributed by atoms with Crippen LogP contribution in [0.25, 0.3) is 10.9 Å². The molecule has 0 bridgehead atoms. The summed E-state index contributed by atoms with van der Waals surface area (Å²) in [5, 5.41) is 0.513. The number of carbonyl (C=O) groups excluding carboxylic acids is 2. The van der Waals surface area contributed by atoms with E-state index in [0.717, 1.165) is 16.6 Å². The number of hydrogen-bond donors (Lipinski definition) is 0. The van der Waals surface area contributed by atoms with Gasteiger partial charge in [-0.15, -0.1) is 0 Å².